The summed E-state index contributed by atoms with van der Waals surface area (Å²) in [5, 5.41) is 8.47. The molecule has 54 heavy (non-hydrogen) atoms. The van der Waals surface area contributed by atoms with Gasteiger partial charge in [0.1, 0.15) is 0 Å². The van der Waals surface area contributed by atoms with E-state index in [0.717, 1.165) is 44.3 Å². The van der Waals surface area contributed by atoms with Crippen LogP contribution in [0, 0.1) is 0 Å². The Labute approximate surface area is 317 Å². The highest BCUT2D eigenvalue weighted by molar-refractivity contribution is 7.25. The summed E-state index contributed by atoms with van der Waals surface area (Å²) >= 11 is 1.86. The average molecular weight is 710 g/mol. The Morgan fingerprint density at radius 3 is 1.94 bits per heavy atom. The molecule has 0 unspecified atom stereocenters. The highest BCUT2D eigenvalue weighted by Gasteiger charge is 2.22. The van der Waals surface area contributed by atoms with E-state index in [1.807, 2.05) is 31.3 Å². The van der Waals surface area contributed by atoms with Gasteiger partial charge in [-0.05, 0) is 57.8 Å². The van der Waals surface area contributed by atoms with Crippen molar-refractivity contribution >= 4 is 75.0 Å². The smallest absolute Gasteiger partial charge is 0.235 e. The Kier molecular flexibility index (Phi) is 7.78. The van der Waals surface area contributed by atoms with E-state index in [2.05, 4.69) is 174 Å². The molecular weight excluding hydrogens is 675 g/mol. The summed E-state index contributed by atoms with van der Waals surface area (Å²) in [5.41, 5.74) is 9.82. The van der Waals surface area contributed by atoms with Crippen molar-refractivity contribution < 1.29 is 0 Å². The number of nitrogens with zero attached hydrogens (tertiary/aromatic N) is 3. The van der Waals surface area contributed by atoms with E-state index in [-0.39, 0.29) is 0 Å². The van der Waals surface area contributed by atoms with Crippen LogP contribution in [0.25, 0.3) is 103 Å². The molecule has 0 bridgehead atoms. The topological polar surface area (TPSA) is 30.7 Å². The predicted octanol–water partition coefficient (Wildman–Crippen LogP) is 14.3. The Morgan fingerprint density at radius 1 is 0.444 bits per heavy atom. The Balaban J connectivity index is 0.00000178. The molecule has 256 valence electrons. The molecule has 3 aromatic heterocycles. The molecular formula is C50H35N3S. The van der Waals surface area contributed by atoms with E-state index in [0.29, 0.717) is 5.95 Å². The molecule has 0 aliphatic rings. The summed E-state index contributed by atoms with van der Waals surface area (Å²) in [4.78, 5) is 10.7. The van der Waals surface area contributed by atoms with Gasteiger partial charge in [0.2, 0.25) is 5.95 Å². The van der Waals surface area contributed by atoms with Gasteiger partial charge in [-0.25, -0.2) is 9.97 Å². The first-order chi connectivity index (χ1) is 26.8. The lowest BCUT2D eigenvalue weighted by atomic mass is 9.95. The molecule has 4 heteroatoms. The van der Waals surface area contributed by atoms with Crippen LogP contribution in [0.5, 0.6) is 0 Å². The normalized spacial score (nSPS) is 11.5. The minimum absolute atomic E-state index is 0.658. The van der Waals surface area contributed by atoms with Crippen molar-refractivity contribution in [2.24, 2.45) is 0 Å². The molecule has 0 amide bonds. The number of thiophene rings is 1. The van der Waals surface area contributed by atoms with Gasteiger partial charge in [-0.1, -0.05) is 159 Å². The van der Waals surface area contributed by atoms with Gasteiger partial charge in [0.25, 0.3) is 0 Å². The molecule has 0 aliphatic heterocycles. The molecule has 3 nitrogen and oxygen atoms in total. The van der Waals surface area contributed by atoms with Gasteiger partial charge >= 0.3 is 0 Å². The summed E-state index contributed by atoms with van der Waals surface area (Å²) in [6.07, 6.45) is 0. The first-order valence-corrected chi connectivity index (χ1v) is 19.4. The van der Waals surface area contributed by atoms with E-state index in [1.165, 1.54) is 52.8 Å². The zero-order valence-electron chi connectivity index (χ0n) is 30.0. The molecule has 0 aliphatic carbocycles. The van der Waals surface area contributed by atoms with Crippen molar-refractivity contribution in [1.82, 2.24) is 14.5 Å². The van der Waals surface area contributed by atoms with Crippen LogP contribution in [0.4, 0.5) is 0 Å². The third-order valence-corrected chi connectivity index (χ3v) is 11.5. The molecule has 0 atom stereocenters. The molecule has 0 spiro atoms. The summed E-state index contributed by atoms with van der Waals surface area (Å²) in [6.45, 7) is 4.00. The molecule has 0 saturated carbocycles. The quantitative estimate of drug-likeness (QED) is 0.182. The second-order valence-electron chi connectivity index (χ2n) is 13.3. The van der Waals surface area contributed by atoms with E-state index < -0.39 is 0 Å². The second kappa shape index (κ2) is 13.1. The number of hydrogen-bond acceptors (Lipinski definition) is 3. The van der Waals surface area contributed by atoms with Gasteiger partial charge < -0.3 is 0 Å². The van der Waals surface area contributed by atoms with Crippen molar-refractivity contribution in [3.05, 3.63) is 176 Å². The van der Waals surface area contributed by atoms with E-state index >= 15 is 0 Å². The number of para-hydroxylation sites is 2. The van der Waals surface area contributed by atoms with Crippen molar-refractivity contribution in [3.8, 4) is 39.5 Å². The maximum absolute atomic E-state index is 5.40. The van der Waals surface area contributed by atoms with E-state index in [4.69, 9.17) is 9.97 Å². The molecule has 0 radical (unpaired) electrons. The zero-order chi connectivity index (χ0) is 36.2. The lowest BCUT2D eigenvalue weighted by molar-refractivity contribution is 1.01. The van der Waals surface area contributed by atoms with Crippen molar-refractivity contribution in [3.63, 3.8) is 0 Å². The Bertz CT molecular complexity index is 3190. The van der Waals surface area contributed by atoms with Gasteiger partial charge in [-0.15, -0.1) is 11.3 Å². The highest BCUT2D eigenvalue weighted by Crippen LogP contribution is 2.44. The fourth-order valence-electron chi connectivity index (χ4n) is 8.13. The Morgan fingerprint density at radius 2 is 1.07 bits per heavy atom. The minimum atomic E-state index is 0.658. The summed E-state index contributed by atoms with van der Waals surface area (Å²) in [5.74, 6) is 0.658. The molecule has 8 aromatic carbocycles. The van der Waals surface area contributed by atoms with Crippen LogP contribution in [-0.4, -0.2) is 14.5 Å². The van der Waals surface area contributed by atoms with Gasteiger partial charge in [0.15, 0.2) is 0 Å². The molecule has 0 fully saturated rings. The van der Waals surface area contributed by atoms with Crippen LogP contribution in [0.3, 0.4) is 0 Å². The summed E-state index contributed by atoms with van der Waals surface area (Å²) in [6, 6.07) is 63.1. The molecule has 0 saturated heterocycles. The highest BCUT2D eigenvalue weighted by atomic mass is 32.1. The second-order valence-corrected chi connectivity index (χ2v) is 14.4. The largest absolute Gasteiger partial charge is 0.277 e. The third-order valence-electron chi connectivity index (χ3n) is 10.4. The van der Waals surface area contributed by atoms with Crippen LogP contribution in [-0.2, 0) is 0 Å². The summed E-state index contributed by atoms with van der Waals surface area (Å²) in [7, 11) is 0. The maximum Gasteiger partial charge on any atom is 0.235 e. The molecule has 11 aromatic rings. The lowest BCUT2D eigenvalue weighted by Crippen LogP contribution is -2.04. The van der Waals surface area contributed by atoms with Gasteiger partial charge in [-0.3, -0.25) is 4.57 Å². The van der Waals surface area contributed by atoms with Crippen LogP contribution in [0.1, 0.15) is 13.8 Å². The van der Waals surface area contributed by atoms with Crippen LogP contribution in [0.2, 0.25) is 0 Å². The van der Waals surface area contributed by atoms with Crippen LogP contribution >= 0.6 is 11.3 Å². The minimum Gasteiger partial charge on any atom is -0.277 e. The summed E-state index contributed by atoms with van der Waals surface area (Å²) < 4.78 is 4.92. The van der Waals surface area contributed by atoms with Crippen molar-refractivity contribution in [1.29, 1.82) is 0 Å². The predicted molar refractivity (Wildman–Crippen MR) is 232 cm³/mol. The standard InChI is InChI=1S/C48H29N3S.C2H6/c1-2-14-31(15-3-1)46-37-19-6-8-24-40(37)49-48(50-46)51-41-28-27-30-13-4-5-18-34(30)44(41)39-23-11-22-36(47(39)51)33-17-10-16-32(29-33)35-21-12-26-43-45(35)38-20-7-9-25-42(38)52-43;1-2/h1-29H;1-2H3. The number of benzene rings is 8. The zero-order valence-corrected chi connectivity index (χ0v) is 30.8. The monoisotopic (exact) mass is 709 g/mol. The first-order valence-electron chi connectivity index (χ1n) is 18.6. The molecule has 0 N–H and O–H groups in total. The first kappa shape index (κ1) is 32.1. The average Bonchev–Trinajstić information content (AvgIpc) is 3.81. The van der Waals surface area contributed by atoms with Gasteiger partial charge in [0.05, 0.1) is 22.2 Å². The van der Waals surface area contributed by atoms with E-state index in [1.54, 1.807) is 0 Å². The number of aromatic nitrogens is 3. The van der Waals surface area contributed by atoms with E-state index in [9.17, 15) is 0 Å². The SMILES string of the molecule is CC.c1ccc(-c2nc(-n3c4ccc5ccccc5c4c4cccc(-c5cccc(-c6cccc7sc8ccccc8c67)c5)c43)nc3ccccc23)cc1. The van der Waals surface area contributed by atoms with Crippen LogP contribution < -0.4 is 0 Å². The Hall–Kier alpha value is -6.62. The third kappa shape index (κ3) is 5.02. The number of rotatable bonds is 4. The van der Waals surface area contributed by atoms with Crippen molar-refractivity contribution in [2.75, 3.05) is 0 Å². The fourth-order valence-corrected chi connectivity index (χ4v) is 9.26. The molecule has 3 heterocycles. The van der Waals surface area contributed by atoms with Crippen molar-refractivity contribution in [2.45, 2.75) is 13.8 Å². The number of fused-ring (bicyclic) bond motifs is 9. The molecule has 11 rings (SSSR count). The fraction of sp³-hybridized carbons (Fsp3) is 0.0400. The maximum atomic E-state index is 5.40. The van der Waals surface area contributed by atoms with Crippen LogP contribution in [0.15, 0.2) is 176 Å². The number of hydrogen-bond donors (Lipinski definition) is 0. The van der Waals surface area contributed by atoms with Gasteiger partial charge in [-0.2, -0.15) is 0 Å². The lowest BCUT2D eigenvalue weighted by Gasteiger charge is -2.14. The van der Waals surface area contributed by atoms with Gasteiger partial charge in [0, 0.05) is 47.5 Å².